The van der Waals surface area contributed by atoms with Crippen molar-refractivity contribution < 1.29 is 18.3 Å². The van der Waals surface area contributed by atoms with E-state index in [1.54, 1.807) is 18.2 Å². The van der Waals surface area contributed by atoms with Crippen LogP contribution in [0.2, 0.25) is 0 Å². The summed E-state index contributed by atoms with van der Waals surface area (Å²) in [6.45, 7) is -1.44. The van der Waals surface area contributed by atoms with Crippen LogP contribution in [0, 0.1) is 5.92 Å². The van der Waals surface area contributed by atoms with Crippen molar-refractivity contribution in [3.63, 3.8) is 0 Å². The molecular weight excluding hydrogens is 296 g/mol. The lowest BCUT2D eigenvalue weighted by molar-refractivity contribution is -0.0518. The quantitative estimate of drug-likeness (QED) is 0.833. The molecule has 1 fully saturated rings. The SMILES string of the molecule is COc1cccc(CNCC2CCSCC2)c1OC(F)F. The van der Waals surface area contributed by atoms with Gasteiger partial charge in [0.25, 0.3) is 0 Å². The largest absolute Gasteiger partial charge is 0.493 e. The minimum Gasteiger partial charge on any atom is -0.493 e. The average molecular weight is 317 g/mol. The monoisotopic (exact) mass is 317 g/mol. The molecule has 0 aliphatic carbocycles. The second kappa shape index (κ2) is 8.44. The van der Waals surface area contributed by atoms with Crippen molar-refractivity contribution in [2.24, 2.45) is 5.92 Å². The number of hydrogen-bond donors (Lipinski definition) is 1. The molecule has 1 aliphatic rings. The Hall–Kier alpha value is -1.01. The number of alkyl halides is 2. The van der Waals surface area contributed by atoms with E-state index >= 15 is 0 Å². The third kappa shape index (κ3) is 5.04. The lowest BCUT2D eigenvalue weighted by Gasteiger charge is -2.22. The van der Waals surface area contributed by atoms with Gasteiger partial charge < -0.3 is 14.8 Å². The van der Waals surface area contributed by atoms with Crippen LogP contribution in [-0.2, 0) is 6.54 Å². The first-order valence-corrected chi connectivity index (χ1v) is 8.25. The number of methoxy groups -OCH3 is 1. The molecule has 6 heteroatoms. The van der Waals surface area contributed by atoms with Gasteiger partial charge in [0.15, 0.2) is 11.5 Å². The summed E-state index contributed by atoms with van der Waals surface area (Å²) in [6, 6.07) is 5.19. The molecule has 21 heavy (non-hydrogen) atoms. The number of benzene rings is 1. The van der Waals surface area contributed by atoms with Crippen LogP contribution >= 0.6 is 11.8 Å². The summed E-state index contributed by atoms with van der Waals surface area (Å²) in [5.41, 5.74) is 0.694. The fraction of sp³-hybridized carbons (Fsp3) is 0.600. The van der Waals surface area contributed by atoms with Crippen molar-refractivity contribution in [2.75, 3.05) is 25.2 Å². The molecule has 1 N–H and O–H groups in total. The molecule has 0 saturated carbocycles. The molecule has 0 amide bonds. The predicted molar refractivity (Wildman–Crippen MR) is 81.4 cm³/mol. The van der Waals surface area contributed by atoms with Gasteiger partial charge >= 0.3 is 6.61 Å². The Kier molecular flexibility index (Phi) is 6.57. The van der Waals surface area contributed by atoms with Gasteiger partial charge in [-0.15, -0.1) is 0 Å². The molecule has 1 aromatic rings. The Morgan fingerprint density at radius 3 is 2.76 bits per heavy atom. The van der Waals surface area contributed by atoms with E-state index in [0.717, 1.165) is 6.54 Å². The van der Waals surface area contributed by atoms with Crippen molar-refractivity contribution in [1.82, 2.24) is 5.32 Å². The lowest BCUT2D eigenvalue weighted by Crippen LogP contribution is -2.25. The third-order valence-electron chi connectivity index (χ3n) is 3.58. The highest BCUT2D eigenvalue weighted by Crippen LogP contribution is 2.32. The summed E-state index contributed by atoms with van der Waals surface area (Å²) in [6.07, 6.45) is 2.44. The second-order valence-electron chi connectivity index (χ2n) is 5.01. The van der Waals surface area contributed by atoms with Gasteiger partial charge in [-0.2, -0.15) is 20.5 Å². The summed E-state index contributed by atoms with van der Waals surface area (Å²) in [5.74, 6) is 3.57. The molecule has 2 rings (SSSR count). The maximum absolute atomic E-state index is 12.5. The van der Waals surface area contributed by atoms with E-state index < -0.39 is 6.61 Å². The molecule has 3 nitrogen and oxygen atoms in total. The topological polar surface area (TPSA) is 30.5 Å². The van der Waals surface area contributed by atoms with Gasteiger partial charge in [0.2, 0.25) is 0 Å². The Morgan fingerprint density at radius 2 is 2.10 bits per heavy atom. The lowest BCUT2D eigenvalue weighted by atomic mass is 10.0. The van der Waals surface area contributed by atoms with E-state index in [0.29, 0.717) is 23.8 Å². The molecule has 0 bridgehead atoms. The zero-order chi connectivity index (χ0) is 15.1. The summed E-state index contributed by atoms with van der Waals surface area (Å²) >= 11 is 2.00. The first-order valence-electron chi connectivity index (χ1n) is 7.10. The van der Waals surface area contributed by atoms with Crippen LogP contribution < -0.4 is 14.8 Å². The van der Waals surface area contributed by atoms with E-state index in [1.807, 2.05) is 11.8 Å². The van der Waals surface area contributed by atoms with Crippen molar-refractivity contribution >= 4 is 11.8 Å². The molecule has 0 spiro atoms. The van der Waals surface area contributed by atoms with Crippen LogP contribution in [0.1, 0.15) is 18.4 Å². The zero-order valence-electron chi connectivity index (χ0n) is 12.1. The van der Waals surface area contributed by atoms with Crippen LogP contribution in [0.4, 0.5) is 8.78 Å². The Bertz CT molecular complexity index is 440. The van der Waals surface area contributed by atoms with Crippen LogP contribution in [-0.4, -0.2) is 31.8 Å². The molecular formula is C15H21F2NO2S. The van der Waals surface area contributed by atoms with E-state index in [9.17, 15) is 8.78 Å². The maximum atomic E-state index is 12.5. The predicted octanol–water partition coefficient (Wildman–Crippen LogP) is 3.53. The van der Waals surface area contributed by atoms with Crippen LogP contribution in [0.25, 0.3) is 0 Å². The van der Waals surface area contributed by atoms with Gasteiger partial charge in [-0.3, -0.25) is 0 Å². The van der Waals surface area contributed by atoms with E-state index in [2.05, 4.69) is 10.1 Å². The smallest absolute Gasteiger partial charge is 0.387 e. The molecule has 0 radical (unpaired) electrons. The number of hydrogen-bond acceptors (Lipinski definition) is 4. The highest BCUT2D eigenvalue weighted by Gasteiger charge is 2.16. The summed E-state index contributed by atoms with van der Waals surface area (Å²) in [7, 11) is 1.45. The van der Waals surface area contributed by atoms with Crippen molar-refractivity contribution in [2.45, 2.75) is 26.0 Å². The van der Waals surface area contributed by atoms with Crippen LogP contribution in [0.15, 0.2) is 18.2 Å². The number of nitrogens with one attached hydrogen (secondary N) is 1. The van der Waals surface area contributed by atoms with Gasteiger partial charge in [0.05, 0.1) is 7.11 Å². The van der Waals surface area contributed by atoms with E-state index in [4.69, 9.17) is 4.74 Å². The standard InChI is InChI=1S/C15H21F2NO2S/c1-19-13-4-2-3-12(14(13)20-15(16)17)10-18-9-11-5-7-21-8-6-11/h2-4,11,15,18H,5-10H2,1H3. The average Bonchev–Trinajstić information content (AvgIpc) is 2.49. The number of para-hydroxylation sites is 1. The van der Waals surface area contributed by atoms with Gasteiger partial charge in [0, 0.05) is 12.1 Å². The summed E-state index contributed by atoms with van der Waals surface area (Å²) in [4.78, 5) is 0. The van der Waals surface area contributed by atoms with Gasteiger partial charge in [-0.05, 0) is 42.9 Å². The fourth-order valence-corrected chi connectivity index (χ4v) is 3.65. The molecule has 1 aromatic carbocycles. The Labute approximate surface area is 128 Å². The third-order valence-corrected chi connectivity index (χ3v) is 4.63. The Balaban J connectivity index is 1.94. The van der Waals surface area contributed by atoms with E-state index in [-0.39, 0.29) is 5.75 Å². The van der Waals surface area contributed by atoms with Crippen LogP contribution in [0.5, 0.6) is 11.5 Å². The number of thioether (sulfide) groups is 1. The highest BCUT2D eigenvalue weighted by molar-refractivity contribution is 7.99. The molecule has 0 unspecified atom stereocenters. The highest BCUT2D eigenvalue weighted by atomic mass is 32.2. The van der Waals surface area contributed by atoms with Crippen LogP contribution in [0.3, 0.4) is 0 Å². The molecule has 118 valence electrons. The Morgan fingerprint density at radius 1 is 1.33 bits per heavy atom. The van der Waals surface area contributed by atoms with Gasteiger partial charge in [-0.1, -0.05) is 12.1 Å². The zero-order valence-corrected chi connectivity index (χ0v) is 12.9. The molecule has 1 aliphatic heterocycles. The van der Waals surface area contributed by atoms with Crippen molar-refractivity contribution in [3.8, 4) is 11.5 Å². The normalized spacial score (nSPS) is 16.2. The number of halogens is 2. The van der Waals surface area contributed by atoms with Crippen molar-refractivity contribution in [3.05, 3.63) is 23.8 Å². The first-order chi connectivity index (χ1) is 10.2. The molecule has 1 saturated heterocycles. The summed E-state index contributed by atoms with van der Waals surface area (Å²) in [5, 5.41) is 3.35. The minimum atomic E-state index is -2.85. The number of ether oxygens (including phenoxy) is 2. The summed E-state index contributed by atoms with van der Waals surface area (Å²) < 4.78 is 34.8. The van der Waals surface area contributed by atoms with E-state index in [1.165, 1.54) is 31.5 Å². The van der Waals surface area contributed by atoms with Crippen molar-refractivity contribution in [1.29, 1.82) is 0 Å². The fourth-order valence-electron chi connectivity index (χ4n) is 2.45. The first kappa shape index (κ1) is 16.4. The van der Waals surface area contributed by atoms with Gasteiger partial charge in [0.1, 0.15) is 0 Å². The molecule has 0 aromatic heterocycles. The molecule has 1 heterocycles. The second-order valence-corrected chi connectivity index (χ2v) is 6.24. The molecule has 0 atom stereocenters. The number of rotatable bonds is 7. The minimum absolute atomic E-state index is 0.127. The maximum Gasteiger partial charge on any atom is 0.387 e. The van der Waals surface area contributed by atoms with Gasteiger partial charge in [-0.25, -0.2) is 0 Å².